The first-order valence-corrected chi connectivity index (χ1v) is 8.09. The maximum Gasteiger partial charge on any atom is 0.224 e. The Morgan fingerprint density at radius 3 is 2.56 bits per heavy atom. The molecule has 5 heteroatoms. The molecule has 0 aliphatic rings. The van der Waals surface area contributed by atoms with E-state index in [1.54, 1.807) is 25.3 Å². The van der Waals surface area contributed by atoms with Crippen LogP contribution < -0.4 is 5.32 Å². The Balaban J connectivity index is 1.58. The van der Waals surface area contributed by atoms with Gasteiger partial charge in [-0.05, 0) is 31.5 Å². The lowest BCUT2D eigenvalue weighted by molar-refractivity contribution is -0.116. The molecule has 0 aliphatic heterocycles. The molecule has 1 heterocycles. The number of carbonyl (C=O) groups excluding carboxylic acids is 1. The van der Waals surface area contributed by atoms with Gasteiger partial charge in [0.15, 0.2) is 11.7 Å². The molecule has 0 saturated heterocycles. The first-order valence-electron chi connectivity index (χ1n) is 8.09. The SMILES string of the molecule is Cc1ccc(-c2cnc(CCC(=O)Nc3ccc(C)cc3F)o2)cc1. The zero-order valence-electron chi connectivity index (χ0n) is 14.2. The van der Waals surface area contributed by atoms with E-state index < -0.39 is 5.82 Å². The second-order valence-electron chi connectivity index (χ2n) is 6.02. The van der Waals surface area contributed by atoms with E-state index in [9.17, 15) is 9.18 Å². The molecule has 0 unspecified atom stereocenters. The molecule has 0 spiro atoms. The van der Waals surface area contributed by atoms with Crippen molar-refractivity contribution in [2.24, 2.45) is 0 Å². The summed E-state index contributed by atoms with van der Waals surface area (Å²) in [6, 6.07) is 12.6. The van der Waals surface area contributed by atoms with Gasteiger partial charge in [0.2, 0.25) is 5.91 Å². The van der Waals surface area contributed by atoms with E-state index in [-0.39, 0.29) is 18.0 Å². The number of hydrogen-bond acceptors (Lipinski definition) is 3. The highest BCUT2D eigenvalue weighted by Gasteiger charge is 2.11. The highest BCUT2D eigenvalue weighted by molar-refractivity contribution is 5.90. The molecule has 1 amide bonds. The van der Waals surface area contributed by atoms with Crippen molar-refractivity contribution in [1.82, 2.24) is 4.98 Å². The quantitative estimate of drug-likeness (QED) is 0.735. The van der Waals surface area contributed by atoms with E-state index in [0.29, 0.717) is 18.1 Å². The molecule has 0 fully saturated rings. The van der Waals surface area contributed by atoms with Gasteiger partial charge in [0.05, 0.1) is 11.9 Å². The number of benzene rings is 2. The third kappa shape index (κ3) is 4.32. The van der Waals surface area contributed by atoms with Crippen LogP contribution in [0.15, 0.2) is 53.1 Å². The monoisotopic (exact) mass is 338 g/mol. The van der Waals surface area contributed by atoms with E-state index in [0.717, 1.165) is 11.1 Å². The molecule has 1 N–H and O–H groups in total. The van der Waals surface area contributed by atoms with Crippen molar-refractivity contribution in [3.63, 3.8) is 0 Å². The predicted molar refractivity (Wildman–Crippen MR) is 94.8 cm³/mol. The van der Waals surface area contributed by atoms with E-state index >= 15 is 0 Å². The second kappa shape index (κ2) is 7.30. The van der Waals surface area contributed by atoms with Gasteiger partial charge in [0.25, 0.3) is 0 Å². The molecule has 0 atom stereocenters. The molecule has 0 saturated carbocycles. The molecule has 25 heavy (non-hydrogen) atoms. The van der Waals surface area contributed by atoms with E-state index in [2.05, 4.69) is 10.3 Å². The summed E-state index contributed by atoms with van der Waals surface area (Å²) < 4.78 is 19.4. The summed E-state index contributed by atoms with van der Waals surface area (Å²) in [5.74, 6) is 0.430. The molecular weight excluding hydrogens is 319 g/mol. The van der Waals surface area contributed by atoms with Crippen LogP contribution in [0.5, 0.6) is 0 Å². The Morgan fingerprint density at radius 2 is 1.84 bits per heavy atom. The van der Waals surface area contributed by atoms with Crippen molar-refractivity contribution in [2.75, 3.05) is 5.32 Å². The van der Waals surface area contributed by atoms with E-state index in [1.165, 1.54) is 11.6 Å². The normalized spacial score (nSPS) is 10.7. The van der Waals surface area contributed by atoms with Crippen LogP contribution in [0.1, 0.15) is 23.4 Å². The summed E-state index contributed by atoms with van der Waals surface area (Å²) >= 11 is 0. The number of nitrogens with one attached hydrogen (secondary N) is 1. The van der Waals surface area contributed by atoms with Crippen molar-refractivity contribution < 1.29 is 13.6 Å². The number of amides is 1. The van der Waals surface area contributed by atoms with E-state index in [4.69, 9.17) is 4.42 Å². The minimum absolute atomic E-state index is 0.168. The third-order valence-electron chi connectivity index (χ3n) is 3.85. The summed E-state index contributed by atoms with van der Waals surface area (Å²) in [5, 5.41) is 2.57. The molecule has 3 aromatic rings. The van der Waals surface area contributed by atoms with Crippen LogP contribution in [0.25, 0.3) is 11.3 Å². The Hall–Kier alpha value is -2.95. The lowest BCUT2D eigenvalue weighted by atomic mass is 10.1. The van der Waals surface area contributed by atoms with Gasteiger partial charge >= 0.3 is 0 Å². The molecule has 2 aromatic carbocycles. The van der Waals surface area contributed by atoms with Crippen LogP contribution in [0.2, 0.25) is 0 Å². The molecule has 1 aromatic heterocycles. The standard InChI is InChI=1S/C20H19FN2O2/c1-13-3-6-15(7-4-13)18-12-22-20(25-18)10-9-19(24)23-17-8-5-14(2)11-16(17)21/h3-8,11-12H,9-10H2,1-2H3,(H,23,24). The number of anilines is 1. The van der Waals surface area contributed by atoms with Gasteiger partial charge in [0, 0.05) is 18.4 Å². The molecule has 0 radical (unpaired) electrons. The van der Waals surface area contributed by atoms with Gasteiger partial charge in [-0.3, -0.25) is 4.79 Å². The summed E-state index contributed by atoms with van der Waals surface area (Å²) in [6.45, 7) is 3.81. The highest BCUT2D eigenvalue weighted by Crippen LogP contribution is 2.21. The number of oxazole rings is 1. The van der Waals surface area contributed by atoms with E-state index in [1.807, 2.05) is 31.2 Å². The predicted octanol–water partition coefficient (Wildman–Crippen LogP) is 4.67. The van der Waals surface area contributed by atoms with Crippen LogP contribution in [0, 0.1) is 19.7 Å². The maximum absolute atomic E-state index is 13.7. The highest BCUT2D eigenvalue weighted by atomic mass is 19.1. The Morgan fingerprint density at radius 1 is 1.12 bits per heavy atom. The largest absolute Gasteiger partial charge is 0.441 e. The number of carbonyl (C=O) groups is 1. The summed E-state index contributed by atoms with van der Waals surface area (Å²) in [7, 11) is 0. The fourth-order valence-electron chi connectivity index (χ4n) is 2.43. The van der Waals surface area contributed by atoms with Crippen molar-refractivity contribution in [3.05, 3.63) is 71.5 Å². The molecule has 4 nitrogen and oxygen atoms in total. The molecule has 0 aliphatic carbocycles. The number of halogens is 1. The van der Waals surface area contributed by atoms with Crippen molar-refractivity contribution in [3.8, 4) is 11.3 Å². The fraction of sp³-hybridized carbons (Fsp3) is 0.200. The van der Waals surface area contributed by atoms with Crippen LogP contribution in [0.3, 0.4) is 0 Å². The number of rotatable bonds is 5. The molecule has 3 rings (SSSR count). The van der Waals surface area contributed by atoms with Crippen LogP contribution in [-0.2, 0) is 11.2 Å². The van der Waals surface area contributed by atoms with Crippen LogP contribution >= 0.6 is 0 Å². The Kier molecular flexibility index (Phi) is 4.93. The first kappa shape index (κ1) is 16.9. The second-order valence-corrected chi connectivity index (χ2v) is 6.02. The van der Waals surface area contributed by atoms with Gasteiger partial charge in [-0.25, -0.2) is 9.37 Å². The van der Waals surface area contributed by atoms with Gasteiger partial charge in [-0.1, -0.05) is 35.9 Å². The number of hydrogen-bond donors (Lipinski definition) is 1. The minimum Gasteiger partial charge on any atom is -0.441 e. The Bertz CT molecular complexity index is 885. The molecule has 128 valence electrons. The molecule has 0 bridgehead atoms. The topological polar surface area (TPSA) is 55.1 Å². The molecular formula is C20H19FN2O2. The van der Waals surface area contributed by atoms with Crippen LogP contribution in [0.4, 0.5) is 10.1 Å². The number of aryl methyl sites for hydroxylation is 3. The minimum atomic E-state index is -0.439. The van der Waals surface area contributed by atoms with Gasteiger partial charge in [0.1, 0.15) is 5.82 Å². The van der Waals surface area contributed by atoms with Gasteiger partial charge < -0.3 is 9.73 Å². The summed E-state index contributed by atoms with van der Waals surface area (Å²) in [5.41, 5.74) is 3.10. The lowest BCUT2D eigenvalue weighted by Gasteiger charge is -2.06. The Labute approximate surface area is 145 Å². The number of aromatic nitrogens is 1. The van der Waals surface area contributed by atoms with Crippen molar-refractivity contribution >= 4 is 11.6 Å². The zero-order chi connectivity index (χ0) is 17.8. The lowest BCUT2D eigenvalue weighted by Crippen LogP contribution is -2.13. The van der Waals surface area contributed by atoms with Crippen LogP contribution in [-0.4, -0.2) is 10.9 Å². The van der Waals surface area contributed by atoms with Crippen molar-refractivity contribution in [1.29, 1.82) is 0 Å². The van der Waals surface area contributed by atoms with Gasteiger partial charge in [-0.15, -0.1) is 0 Å². The third-order valence-corrected chi connectivity index (χ3v) is 3.85. The summed E-state index contributed by atoms with van der Waals surface area (Å²) in [4.78, 5) is 16.2. The first-order chi connectivity index (χ1) is 12.0. The van der Waals surface area contributed by atoms with Gasteiger partial charge in [-0.2, -0.15) is 0 Å². The average Bonchev–Trinajstić information content (AvgIpc) is 3.05. The fourth-order valence-corrected chi connectivity index (χ4v) is 2.43. The smallest absolute Gasteiger partial charge is 0.224 e. The average molecular weight is 338 g/mol. The van der Waals surface area contributed by atoms with Crippen molar-refractivity contribution in [2.45, 2.75) is 26.7 Å². The maximum atomic E-state index is 13.7. The number of nitrogens with zero attached hydrogens (tertiary/aromatic N) is 1. The zero-order valence-corrected chi connectivity index (χ0v) is 14.2. The summed E-state index contributed by atoms with van der Waals surface area (Å²) in [6.07, 6.45) is 2.17.